The first-order valence-electron chi connectivity index (χ1n) is 8.28. The lowest BCUT2D eigenvalue weighted by Crippen LogP contribution is -2.48. The third-order valence-corrected chi connectivity index (χ3v) is 7.09. The van der Waals surface area contributed by atoms with Crippen LogP contribution in [0.15, 0.2) is 22.9 Å². The SMILES string of the molecule is Cc1cccn2c(Br)c(C34CC5CC(CC(C5)C3)C4)nc12. The van der Waals surface area contributed by atoms with Crippen molar-refractivity contribution in [3.8, 4) is 0 Å². The molecule has 2 nitrogen and oxygen atoms in total. The highest BCUT2D eigenvalue weighted by Gasteiger charge is 2.53. The molecule has 4 bridgehead atoms. The zero-order chi connectivity index (χ0) is 14.2. The van der Waals surface area contributed by atoms with Gasteiger partial charge in [-0.1, -0.05) is 6.07 Å². The molecule has 2 aromatic heterocycles. The molecule has 3 heteroatoms. The molecule has 4 aliphatic carbocycles. The summed E-state index contributed by atoms with van der Waals surface area (Å²) in [6.45, 7) is 2.16. The number of pyridine rings is 1. The Kier molecular flexibility index (Phi) is 2.49. The van der Waals surface area contributed by atoms with Crippen LogP contribution in [-0.2, 0) is 5.41 Å². The van der Waals surface area contributed by atoms with Gasteiger partial charge < -0.3 is 0 Å². The van der Waals surface area contributed by atoms with E-state index in [0.717, 1.165) is 23.4 Å². The normalized spacial score (nSPS) is 37.5. The van der Waals surface area contributed by atoms with Gasteiger partial charge in [0.05, 0.1) is 5.69 Å². The molecule has 0 atom stereocenters. The largest absolute Gasteiger partial charge is 0.294 e. The van der Waals surface area contributed by atoms with Gasteiger partial charge in [-0.3, -0.25) is 4.40 Å². The summed E-state index contributed by atoms with van der Waals surface area (Å²) in [7, 11) is 0. The molecule has 2 heterocycles. The lowest BCUT2D eigenvalue weighted by Gasteiger charge is -2.56. The smallest absolute Gasteiger partial charge is 0.140 e. The minimum absolute atomic E-state index is 0.367. The van der Waals surface area contributed by atoms with Gasteiger partial charge in [0.15, 0.2) is 0 Å². The molecule has 0 aromatic carbocycles. The van der Waals surface area contributed by atoms with Crippen LogP contribution in [0.4, 0.5) is 0 Å². The predicted octanol–water partition coefficient (Wildman–Crippen LogP) is 4.87. The number of hydrogen-bond acceptors (Lipinski definition) is 1. The standard InChI is InChI=1S/C18H21BrN2/c1-11-3-2-4-21-16(19)15(20-17(11)21)18-8-12-5-13(9-18)7-14(6-12)10-18/h2-4,12-14H,5-10H2,1H3. The summed E-state index contributed by atoms with van der Waals surface area (Å²) >= 11 is 3.88. The Morgan fingerprint density at radius 1 is 1.14 bits per heavy atom. The van der Waals surface area contributed by atoms with E-state index in [0.29, 0.717) is 5.41 Å². The van der Waals surface area contributed by atoms with Gasteiger partial charge in [0.25, 0.3) is 0 Å². The number of imidazole rings is 1. The second-order valence-electron chi connectivity index (χ2n) is 7.83. The van der Waals surface area contributed by atoms with Gasteiger partial charge >= 0.3 is 0 Å². The van der Waals surface area contributed by atoms with Crippen molar-refractivity contribution >= 4 is 21.6 Å². The molecule has 4 saturated carbocycles. The molecular formula is C18H21BrN2. The molecule has 0 unspecified atom stereocenters. The van der Waals surface area contributed by atoms with Gasteiger partial charge in [0.2, 0.25) is 0 Å². The Balaban J connectivity index is 1.70. The summed E-state index contributed by atoms with van der Waals surface area (Å²) in [5, 5.41) is 0. The molecule has 0 radical (unpaired) electrons. The third-order valence-electron chi connectivity index (χ3n) is 6.33. The fourth-order valence-electron chi connectivity index (χ4n) is 5.91. The lowest BCUT2D eigenvalue weighted by molar-refractivity contribution is -0.00733. The first-order valence-corrected chi connectivity index (χ1v) is 9.07. The number of halogens is 1. The van der Waals surface area contributed by atoms with Crippen molar-refractivity contribution < 1.29 is 0 Å². The van der Waals surface area contributed by atoms with Crippen molar-refractivity contribution in [3.05, 3.63) is 34.2 Å². The number of nitrogens with zero attached hydrogens (tertiary/aromatic N) is 2. The van der Waals surface area contributed by atoms with Crippen LogP contribution in [0.3, 0.4) is 0 Å². The van der Waals surface area contributed by atoms with E-state index in [-0.39, 0.29) is 0 Å². The van der Waals surface area contributed by atoms with Crippen LogP contribution in [0.5, 0.6) is 0 Å². The quantitative estimate of drug-likeness (QED) is 0.721. The van der Waals surface area contributed by atoms with E-state index >= 15 is 0 Å². The van der Waals surface area contributed by atoms with Crippen LogP contribution in [-0.4, -0.2) is 9.38 Å². The third kappa shape index (κ3) is 1.67. The number of aryl methyl sites for hydroxylation is 1. The Morgan fingerprint density at radius 2 is 1.76 bits per heavy atom. The Morgan fingerprint density at radius 3 is 2.33 bits per heavy atom. The molecule has 0 spiro atoms. The van der Waals surface area contributed by atoms with Gasteiger partial charge in [-0.25, -0.2) is 4.98 Å². The monoisotopic (exact) mass is 344 g/mol. The zero-order valence-electron chi connectivity index (χ0n) is 12.5. The number of aromatic nitrogens is 2. The molecule has 110 valence electrons. The first kappa shape index (κ1) is 12.7. The van der Waals surface area contributed by atoms with Crippen LogP contribution in [0.25, 0.3) is 5.65 Å². The van der Waals surface area contributed by atoms with E-state index in [1.54, 1.807) is 0 Å². The molecule has 0 saturated heterocycles. The second-order valence-corrected chi connectivity index (χ2v) is 8.59. The minimum atomic E-state index is 0.367. The number of hydrogen-bond donors (Lipinski definition) is 0. The van der Waals surface area contributed by atoms with Gasteiger partial charge in [-0.2, -0.15) is 0 Å². The summed E-state index contributed by atoms with van der Waals surface area (Å²) in [5.74, 6) is 2.90. The van der Waals surface area contributed by atoms with Crippen molar-refractivity contribution in [2.45, 2.75) is 50.9 Å². The van der Waals surface area contributed by atoms with E-state index in [1.165, 1.54) is 54.4 Å². The molecule has 4 fully saturated rings. The van der Waals surface area contributed by atoms with E-state index in [2.05, 4.69) is 45.6 Å². The van der Waals surface area contributed by atoms with Crippen molar-refractivity contribution in [3.63, 3.8) is 0 Å². The predicted molar refractivity (Wildman–Crippen MR) is 87.5 cm³/mol. The molecule has 0 amide bonds. The average molecular weight is 345 g/mol. The Bertz CT molecular complexity index is 695. The van der Waals surface area contributed by atoms with Gasteiger partial charge in [-0.15, -0.1) is 0 Å². The highest BCUT2D eigenvalue weighted by atomic mass is 79.9. The maximum atomic E-state index is 5.12. The fraction of sp³-hybridized carbons (Fsp3) is 0.611. The summed E-state index contributed by atoms with van der Waals surface area (Å²) in [6.07, 6.45) is 10.7. The topological polar surface area (TPSA) is 17.3 Å². The zero-order valence-corrected chi connectivity index (χ0v) is 14.1. The van der Waals surface area contributed by atoms with Gasteiger partial charge in [0.1, 0.15) is 10.3 Å². The molecule has 0 aliphatic heterocycles. The lowest BCUT2D eigenvalue weighted by atomic mass is 9.49. The maximum absolute atomic E-state index is 5.12. The molecule has 0 N–H and O–H groups in total. The van der Waals surface area contributed by atoms with E-state index in [9.17, 15) is 0 Å². The average Bonchev–Trinajstić information content (AvgIpc) is 2.77. The maximum Gasteiger partial charge on any atom is 0.140 e. The molecule has 21 heavy (non-hydrogen) atoms. The summed E-state index contributed by atoms with van der Waals surface area (Å²) in [6, 6.07) is 4.29. The highest BCUT2D eigenvalue weighted by Crippen LogP contribution is 2.61. The first-order chi connectivity index (χ1) is 10.1. The van der Waals surface area contributed by atoms with E-state index in [4.69, 9.17) is 4.98 Å². The molecule has 4 aliphatic rings. The van der Waals surface area contributed by atoms with Crippen LogP contribution >= 0.6 is 15.9 Å². The Hall–Kier alpha value is -0.830. The molecule has 2 aromatic rings. The van der Waals surface area contributed by atoms with Crippen LogP contribution < -0.4 is 0 Å². The second kappa shape index (κ2) is 4.13. The molecule has 6 rings (SSSR count). The van der Waals surface area contributed by atoms with Crippen molar-refractivity contribution in [2.75, 3.05) is 0 Å². The Labute approximate surface area is 134 Å². The van der Waals surface area contributed by atoms with Crippen molar-refractivity contribution in [1.82, 2.24) is 9.38 Å². The minimum Gasteiger partial charge on any atom is -0.294 e. The van der Waals surface area contributed by atoms with Crippen LogP contribution in [0, 0.1) is 24.7 Å². The van der Waals surface area contributed by atoms with Crippen molar-refractivity contribution in [1.29, 1.82) is 0 Å². The van der Waals surface area contributed by atoms with Crippen LogP contribution in [0.2, 0.25) is 0 Å². The van der Waals surface area contributed by atoms with E-state index < -0.39 is 0 Å². The number of fused-ring (bicyclic) bond motifs is 1. The van der Waals surface area contributed by atoms with E-state index in [1.807, 2.05) is 0 Å². The molecular weight excluding hydrogens is 324 g/mol. The van der Waals surface area contributed by atoms with Gasteiger partial charge in [0, 0.05) is 11.6 Å². The number of rotatable bonds is 1. The summed E-state index contributed by atoms with van der Waals surface area (Å²) in [4.78, 5) is 5.12. The van der Waals surface area contributed by atoms with Crippen molar-refractivity contribution in [2.24, 2.45) is 17.8 Å². The summed E-state index contributed by atoms with van der Waals surface area (Å²) < 4.78 is 3.45. The van der Waals surface area contributed by atoms with Crippen LogP contribution in [0.1, 0.15) is 49.8 Å². The van der Waals surface area contributed by atoms with Gasteiger partial charge in [-0.05, 0) is 90.8 Å². The highest BCUT2D eigenvalue weighted by molar-refractivity contribution is 9.10. The fourth-order valence-corrected chi connectivity index (χ4v) is 6.71. The summed E-state index contributed by atoms with van der Waals surface area (Å²) in [5.41, 5.74) is 4.13.